The van der Waals surface area contributed by atoms with Gasteiger partial charge in [-0.1, -0.05) is 0 Å². The van der Waals surface area contributed by atoms with E-state index in [0.29, 0.717) is 30.3 Å². The standard InChI is InChI=1S/C30H42N6O4.H2/c1-3-39-30(38)35-17-14-24(15-18-35)34(2)26-16-19-36(21-26)25-11-8-22(9-12-25)32-29(37)33-23-10-13-28(31-20-23)40-27-6-4-5-7-27;/h8-13,20,24,26-27H,3-7,14-19,21H2,1-2H3,(H2,32,33,37);1H. The average molecular weight is 553 g/mol. The quantitative estimate of drug-likeness (QED) is 0.451. The number of nitrogens with one attached hydrogen (secondary N) is 2. The number of likely N-dealkylation sites (tertiary alicyclic amines) is 1. The molecule has 2 saturated heterocycles. The van der Waals surface area contributed by atoms with Crippen molar-refractivity contribution in [1.29, 1.82) is 0 Å². The summed E-state index contributed by atoms with van der Waals surface area (Å²) in [6.45, 7) is 5.74. The minimum Gasteiger partial charge on any atom is -0.474 e. The van der Waals surface area contributed by atoms with Gasteiger partial charge in [0.15, 0.2) is 0 Å². The molecule has 3 aliphatic rings. The number of anilines is 3. The summed E-state index contributed by atoms with van der Waals surface area (Å²) < 4.78 is 11.0. The van der Waals surface area contributed by atoms with Gasteiger partial charge < -0.3 is 29.9 Å². The van der Waals surface area contributed by atoms with Gasteiger partial charge in [0.2, 0.25) is 5.88 Å². The molecular weight excluding hydrogens is 508 g/mol. The van der Waals surface area contributed by atoms with E-state index in [1.165, 1.54) is 12.8 Å². The van der Waals surface area contributed by atoms with Crippen molar-refractivity contribution in [2.75, 3.05) is 55.4 Å². The number of amides is 3. The molecule has 3 fully saturated rings. The number of pyridine rings is 1. The fraction of sp³-hybridized carbons (Fsp3) is 0.567. The molecule has 1 aromatic heterocycles. The van der Waals surface area contributed by atoms with Crippen LogP contribution in [0.2, 0.25) is 0 Å². The van der Waals surface area contributed by atoms with Gasteiger partial charge in [0.05, 0.1) is 18.5 Å². The van der Waals surface area contributed by atoms with Crippen molar-refractivity contribution in [2.24, 2.45) is 0 Å². The lowest BCUT2D eigenvalue weighted by Crippen LogP contribution is -2.49. The number of piperidine rings is 1. The smallest absolute Gasteiger partial charge is 0.409 e. The van der Waals surface area contributed by atoms with Crippen molar-refractivity contribution in [2.45, 2.75) is 70.1 Å². The number of hydrogen-bond acceptors (Lipinski definition) is 7. The predicted octanol–water partition coefficient (Wildman–Crippen LogP) is 5.42. The molecule has 218 valence electrons. The molecule has 0 radical (unpaired) electrons. The van der Waals surface area contributed by atoms with Gasteiger partial charge in [0.25, 0.3) is 0 Å². The molecule has 1 aromatic carbocycles. The SMILES string of the molecule is CCOC(=O)N1CCC(N(C)C2CCN(c3ccc(NC(=O)Nc4ccc(OC5CCCC5)nc4)cc3)C2)CC1.[HH]. The number of rotatable bonds is 8. The van der Waals surface area contributed by atoms with Crippen LogP contribution in [0.1, 0.15) is 53.3 Å². The second kappa shape index (κ2) is 13.2. The van der Waals surface area contributed by atoms with Crippen LogP contribution in [-0.4, -0.2) is 84.9 Å². The molecule has 1 atom stereocenters. The first kappa shape index (κ1) is 28.0. The lowest BCUT2D eigenvalue weighted by molar-refractivity contribution is 0.0726. The Bertz CT molecular complexity index is 1120. The third-order valence-electron chi connectivity index (χ3n) is 8.38. The number of urea groups is 1. The van der Waals surface area contributed by atoms with Crippen molar-refractivity contribution >= 4 is 29.2 Å². The molecule has 0 spiro atoms. The topological polar surface area (TPSA) is 99.3 Å². The van der Waals surface area contributed by atoms with Gasteiger partial charge in [-0.2, -0.15) is 0 Å². The van der Waals surface area contributed by atoms with Gasteiger partial charge in [-0.25, -0.2) is 14.6 Å². The maximum absolute atomic E-state index is 12.5. The average Bonchev–Trinajstić information content (AvgIpc) is 3.67. The fourth-order valence-electron chi connectivity index (χ4n) is 6.03. The van der Waals surface area contributed by atoms with Crippen molar-refractivity contribution in [3.63, 3.8) is 0 Å². The molecule has 1 unspecified atom stereocenters. The van der Waals surface area contributed by atoms with Gasteiger partial charge in [0, 0.05) is 57.1 Å². The van der Waals surface area contributed by atoms with E-state index in [1.807, 2.05) is 30.0 Å². The van der Waals surface area contributed by atoms with Crippen LogP contribution in [0.25, 0.3) is 0 Å². The summed E-state index contributed by atoms with van der Waals surface area (Å²) in [6.07, 6.45) is 9.32. The highest BCUT2D eigenvalue weighted by atomic mass is 16.6. The van der Waals surface area contributed by atoms with Crippen LogP contribution >= 0.6 is 0 Å². The monoisotopic (exact) mass is 552 g/mol. The van der Waals surface area contributed by atoms with Crippen molar-refractivity contribution in [3.8, 4) is 5.88 Å². The van der Waals surface area contributed by atoms with E-state index < -0.39 is 0 Å². The number of likely N-dealkylation sites (N-methyl/N-ethyl adjacent to an activating group) is 1. The second-order valence-corrected chi connectivity index (χ2v) is 11.0. The molecule has 5 rings (SSSR count). The number of hydrogen-bond donors (Lipinski definition) is 2. The first-order valence-corrected chi connectivity index (χ1v) is 14.7. The van der Waals surface area contributed by atoms with E-state index in [0.717, 1.165) is 69.7 Å². The van der Waals surface area contributed by atoms with Gasteiger partial charge in [0.1, 0.15) is 6.10 Å². The number of benzene rings is 1. The molecule has 1 aliphatic carbocycles. The zero-order valence-electron chi connectivity index (χ0n) is 23.7. The minimum atomic E-state index is -0.309. The van der Waals surface area contributed by atoms with Crippen LogP contribution in [0.4, 0.5) is 26.7 Å². The Balaban J connectivity index is 0.00000387. The van der Waals surface area contributed by atoms with Crippen LogP contribution in [0.3, 0.4) is 0 Å². The molecule has 3 amide bonds. The summed E-state index contributed by atoms with van der Waals surface area (Å²) in [5, 5.41) is 5.73. The molecule has 0 bridgehead atoms. The lowest BCUT2D eigenvalue weighted by Gasteiger charge is -2.39. The first-order chi connectivity index (χ1) is 19.5. The van der Waals surface area contributed by atoms with Crippen LogP contribution in [0.15, 0.2) is 42.6 Å². The Morgan fingerprint density at radius 2 is 1.62 bits per heavy atom. The Morgan fingerprint density at radius 1 is 0.950 bits per heavy atom. The third-order valence-corrected chi connectivity index (χ3v) is 8.38. The van der Waals surface area contributed by atoms with Gasteiger partial charge in [-0.15, -0.1) is 0 Å². The Kier molecular flexibility index (Phi) is 9.26. The van der Waals surface area contributed by atoms with Crippen molar-refractivity contribution in [3.05, 3.63) is 42.6 Å². The summed E-state index contributed by atoms with van der Waals surface area (Å²) in [5.74, 6) is 0.600. The molecule has 10 heteroatoms. The number of carbonyl (C=O) groups excluding carboxylic acids is 2. The summed E-state index contributed by atoms with van der Waals surface area (Å²) in [4.78, 5) is 35.6. The highest BCUT2D eigenvalue weighted by molar-refractivity contribution is 5.99. The normalized spacial score (nSPS) is 20.1. The minimum absolute atomic E-state index is 0. The van der Waals surface area contributed by atoms with Crippen LogP contribution in [-0.2, 0) is 4.74 Å². The highest BCUT2D eigenvalue weighted by Crippen LogP contribution is 2.28. The molecule has 2 N–H and O–H groups in total. The second-order valence-electron chi connectivity index (χ2n) is 11.0. The van der Waals surface area contributed by atoms with E-state index >= 15 is 0 Å². The zero-order valence-corrected chi connectivity index (χ0v) is 23.7. The number of carbonyl (C=O) groups is 2. The molecule has 10 nitrogen and oxygen atoms in total. The first-order valence-electron chi connectivity index (χ1n) is 14.7. The lowest BCUT2D eigenvalue weighted by atomic mass is 10.0. The van der Waals surface area contributed by atoms with Gasteiger partial charge >= 0.3 is 12.1 Å². The summed E-state index contributed by atoms with van der Waals surface area (Å²) in [6, 6.07) is 12.3. The summed E-state index contributed by atoms with van der Waals surface area (Å²) in [5.41, 5.74) is 2.50. The van der Waals surface area contributed by atoms with Gasteiger partial charge in [-0.05, 0) is 89.2 Å². The molecular formula is C30H44N6O4. The third kappa shape index (κ3) is 7.15. The maximum atomic E-state index is 12.5. The number of aromatic nitrogens is 1. The summed E-state index contributed by atoms with van der Waals surface area (Å²) in [7, 11) is 2.22. The molecule has 1 saturated carbocycles. The van der Waals surface area contributed by atoms with Crippen LogP contribution in [0.5, 0.6) is 5.88 Å². The predicted molar refractivity (Wildman–Crippen MR) is 158 cm³/mol. The van der Waals surface area contributed by atoms with Gasteiger partial charge in [-0.3, -0.25) is 4.90 Å². The fourth-order valence-corrected chi connectivity index (χ4v) is 6.03. The molecule has 2 aromatic rings. The molecule has 40 heavy (non-hydrogen) atoms. The van der Waals surface area contributed by atoms with E-state index in [1.54, 1.807) is 12.3 Å². The van der Waals surface area contributed by atoms with Crippen LogP contribution in [0, 0.1) is 0 Å². The highest BCUT2D eigenvalue weighted by Gasteiger charge is 2.32. The number of ether oxygens (including phenoxy) is 2. The molecule has 2 aliphatic heterocycles. The Morgan fingerprint density at radius 3 is 2.30 bits per heavy atom. The van der Waals surface area contributed by atoms with Crippen molar-refractivity contribution < 1.29 is 20.5 Å². The van der Waals surface area contributed by atoms with E-state index in [4.69, 9.17) is 9.47 Å². The van der Waals surface area contributed by atoms with Crippen molar-refractivity contribution in [1.82, 2.24) is 14.8 Å². The van der Waals surface area contributed by atoms with E-state index in [-0.39, 0.29) is 19.7 Å². The van der Waals surface area contributed by atoms with Crippen LogP contribution < -0.4 is 20.3 Å². The van der Waals surface area contributed by atoms with E-state index in [9.17, 15) is 9.59 Å². The maximum Gasteiger partial charge on any atom is 0.409 e. The molecule has 3 heterocycles. The largest absolute Gasteiger partial charge is 0.474 e. The Hall–Kier alpha value is -3.53. The number of nitrogens with zero attached hydrogens (tertiary/aromatic N) is 4. The zero-order chi connectivity index (χ0) is 27.9. The van der Waals surface area contributed by atoms with E-state index in [2.05, 4.69) is 44.6 Å². The summed E-state index contributed by atoms with van der Waals surface area (Å²) >= 11 is 0. The Labute approximate surface area is 238 Å².